The van der Waals surface area contributed by atoms with Crippen LogP contribution in [-0.2, 0) is 14.4 Å². The predicted molar refractivity (Wildman–Crippen MR) is 61.9 cm³/mol. The standard InChI is InChI=1S/C5H8O2.C4H9NO.C2H6/c1-5(7)3-2-4-6;1-4(6)3-5-2;1-2/h4H,2-3H2,1H3;5H,3H2,1-2H3;1-2H3. The minimum atomic E-state index is 0.0760. The highest BCUT2D eigenvalue weighted by molar-refractivity contribution is 5.77. The Morgan fingerprint density at radius 2 is 1.60 bits per heavy atom. The third-order valence-electron chi connectivity index (χ3n) is 1.04. The van der Waals surface area contributed by atoms with Crippen LogP contribution in [0.15, 0.2) is 0 Å². The fraction of sp³-hybridized carbons (Fsp3) is 0.727. The first-order chi connectivity index (χ1) is 7.04. The highest BCUT2D eigenvalue weighted by Crippen LogP contribution is 1.83. The molecule has 0 fully saturated rings. The predicted octanol–water partition coefficient (Wildman–Crippen LogP) is 1.38. The summed E-state index contributed by atoms with van der Waals surface area (Å²) >= 11 is 0. The lowest BCUT2D eigenvalue weighted by atomic mass is 10.3. The van der Waals surface area contributed by atoms with E-state index in [2.05, 4.69) is 5.32 Å². The van der Waals surface area contributed by atoms with Gasteiger partial charge in [-0.25, -0.2) is 0 Å². The summed E-state index contributed by atoms with van der Waals surface area (Å²) in [6.45, 7) is 7.51. The van der Waals surface area contributed by atoms with Crippen LogP contribution in [-0.4, -0.2) is 31.4 Å². The Morgan fingerprint density at radius 1 is 1.13 bits per heavy atom. The number of carbonyl (C=O) groups excluding carboxylic acids is 3. The summed E-state index contributed by atoms with van der Waals surface area (Å²) in [4.78, 5) is 29.6. The summed E-state index contributed by atoms with van der Waals surface area (Å²) in [5.74, 6) is 0.254. The molecule has 0 radical (unpaired) electrons. The minimum Gasteiger partial charge on any atom is -0.313 e. The first kappa shape index (κ1) is 19.5. The highest BCUT2D eigenvalue weighted by Gasteiger charge is 1.87. The lowest BCUT2D eigenvalue weighted by Gasteiger charge is -1.85. The van der Waals surface area contributed by atoms with E-state index in [0.717, 1.165) is 6.29 Å². The van der Waals surface area contributed by atoms with Gasteiger partial charge >= 0.3 is 0 Å². The van der Waals surface area contributed by atoms with E-state index in [-0.39, 0.29) is 11.6 Å². The molecule has 0 saturated heterocycles. The number of aldehydes is 1. The van der Waals surface area contributed by atoms with Crippen molar-refractivity contribution in [2.45, 2.75) is 40.5 Å². The normalized spacial score (nSPS) is 7.53. The van der Waals surface area contributed by atoms with Crippen molar-refractivity contribution < 1.29 is 14.4 Å². The van der Waals surface area contributed by atoms with E-state index in [1.165, 1.54) is 6.92 Å². The van der Waals surface area contributed by atoms with E-state index in [1.807, 2.05) is 13.8 Å². The molecule has 0 bridgehead atoms. The zero-order chi connectivity index (χ0) is 12.7. The Morgan fingerprint density at radius 3 is 1.67 bits per heavy atom. The van der Waals surface area contributed by atoms with Crippen molar-refractivity contribution in [3.63, 3.8) is 0 Å². The Balaban J connectivity index is -0.000000166. The van der Waals surface area contributed by atoms with E-state index in [9.17, 15) is 14.4 Å². The van der Waals surface area contributed by atoms with Gasteiger partial charge in [-0.15, -0.1) is 0 Å². The molecule has 4 heteroatoms. The summed E-state index contributed by atoms with van der Waals surface area (Å²) in [5, 5.41) is 2.72. The quantitative estimate of drug-likeness (QED) is 0.707. The van der Waals surface area contributed by atoms with Crippen LogP contribution in [0.5, 0.6) is 0 Å². The molecule has 0 aromatic heterocycles. The largest absolute Gasteiger partial charge is 0.313 e. The van der Waals surface area contributed by atoms with Gasteiger partial charge in [0.2, 0.25) is 0 Å². The van der Waals surface area contributed by atoms with Crippen molar-refractivity contribution in [1.82, 2.24) is 5.32 Å². The summed E-state index contributed by atoms with van der Waals surface area (Å²) < 4.78 is 0. The zero-order valence-corrected chi connectivity index (χ0v) is 10.4. The van der Waals surface area contributed by atoms with E-state index in [1.54, 1.807) is 14.0 Å². The third kappa shape index (κ3) is 43.8. The average molecular weight is 217 g/mol. The SMILES string of the molecule is CC.CC(=O)CCC=O.CNCC(C)=O. The summed E-state index contributed by atoms with van der Waals surface area (Å²) in [6, 6.07) is 0. The molecule has 0 unspecified atom stereocenters. The van der Waals surface area contributed by atoms with Crippen molar-refractivity contribution in [3.8, 4) is 0 Å². The van der Waals surface area contributed by atoms with Gasteiger partial charge in [-0.3, -0.25) is 4.79 Å². The van der Waals surface area contributed by atoms with Crippen LogP contribution in [0, 0.1) is 0 Å². The molecule has 90 valence electrons. The van der Waals surface area contributed by atoms with E-state index in [0.29, 0.717) is 19.4 Å². The van der Waals surface area contributed by atoms with Gasteiger partial charge in [0.05, 0.1) is 6.54 Å². The number of likely N-dealkylation sites (N-methyl/N-ethyl adjacent to an activating group) is 1. The van der Waals surface area contributed by atoms with Gasteiger partial charge < -0.3 is 14.9 Å². The molecule has 1 N–H and O–H groups in total. The van der Waals surface area contributed by atoms with Gasteiger partial charge in [-0.2, -0.15) is 0 Å². The highest BCUT2D eigenvalue weighted by atomic mass is 16.1. The molecule has 15 heavy (non-hydrogen) atoms. The Labute approximate surface area is 92.4 Å². The molecule has 4 nitrogen and oxygen atoms in total. The summed E-state index contributed by atoms with van der Waals surface area (Å²) in [5.41, 5.74) is 0. The number of nitrogens with one attached hydrogen (secondary N) is 1. The molecule has 0 aliphatic heterocycles. The average Bonchev–Trinajstić information content (AvgIpc) is 2.18. The maximum absolute atomic E-state index is 10.0. The molecule has 0 aliphatic rings. The Kier molecular flexibility index (Phi) is 24.3. The second kappa shape index (κ2) is 18.7. The van der Waals surface area contributed by atoms with Crippen LogP contribution in [0.4, 0.5) is 0 Å². The van der Waals surface area contributed by atoms with Crippen LogP contribution < -0.4 is 5.32 Å². The van der Waals surface area contributed by atoms with Crippen molar-refractivity contribution in [3.05, 3.63) is 0 Å². The molecule has 0 rings (SSSR count). The molecule has 0 aliphatic carbocycles. The van der Waals surface area contributed by atoms with Gasteiger partial charge in [0.25, 0.3) is 0 Å². The van der Waals surface area contributed by atoms with Gasteiger partial charge in [-0.1, -0.05) is 13.8 Å². The van der Waals surface area contributed by atoms with Crippen molar-refractivity contribution in [2.24, 2.45) is 0 Å². The van der Waals surface area contributed by atoms with Gasteiger partial charge in [0, 0.05) is 12.8 Å². The molecule has 0 heterocycles. The second-order valence-corrected chi connectivity index (χ2v) is 2.64. The summed E-state index contributed by atoms with van der Waals surface area (Å²) in [7, 11) is 1.75. The first-order valence-electron chi connectivity index (χ1n) is 5.11. The maximum Gasteiger partial charge on any atom is 0.143 e. The number of hydrogen-bond donors (Lipinski definition) is 1. The fourth-order valence-electron chi connectivity index (χ4n) is 0.511. The topological polar surface area (TPSA) is 63.2 Å². The zero-order valence-electron chi connectivity index (χ0n) is 10.4. The van der Waals surface area contributed by atoms with Crippen LogP contribution in [0.25, 0.3) is 0 Å². The minimum absolute atomic E-state index is 0.0760. The van der Waals surface area contributed by atoms with Crippen LogP contribution in [0.2, 0.25) is 0 Å². The van der Waals surface area contributed by atoms with Crippen LogP contribution >= 0.6 is 0 Å². The van der Waals surface area contributed by atoms with Crippen molar-refractivity contribution in [2.75, 3.05) is 13.6 Å². The van der Waals surface area contributed by atoms with E-state index >= 15 is 0 Å². The molecule has 0 atom stereocenters. The molecule has 0 saturated carbocycles. The van der Waals surface area contributed by atoms with Crippen LogP contribution in [0.3, 0.4) is 0 Å². The Hall–Kier alpha value is -1.03. The first-order valence-corrected chi connectivity index (χ1v) is 5.11. The molecular weight excluding hydrogens is 194 g/mol. The van der Waals surface area contributed by atoms with Gasteiger partial charge in [0.15, 0.2) is 0 Å². The van der Waals surface area contributed by atoms with Crippen molar-refractivity contribution >= 4 is 17.9 Å². The smallest absolute Gasteiger partial charge is 0.143 e. The van der Waals surface area contributed by atoms with E-state index in [4.69, 9.17) is 0 Å². The third-order valence-corrected chi connectivity index (χ3v) is 1.04. The lowest BCUT2D eigenvalue weighted by Crippen LogP contribution is -2.14. The number of Topliss-reactive ketones (excluding diaryl/α,β-unsaturated/α-hetero) is 2. The number of carbonyl (C=O) groups is 3. The number of hydrogen-bond acceptors (Lipinski definition) is 4. The molecular formula is C11H23NO3. The lowest BCUT2D eigenvalue weighted by molar-refractivity contribution is -0.119. The monoisotopic (exact) mass is 217 g/mol. The van der Waals surface area contributed by atoms with Crippen LogP contribution in [0.1, 0.15) is 40.5 Å². The molecule has 0 aromatic carbocycles. The number of ketones is 2. The molecule has 0 spiro atoms. The van der Waals surface area contributed by atoms with E-state index < -0.39 is 0 Å². The molecule has 0 aromatic rings. The van der Waals surface area contributed by atoms with Gasteiger partial charge in [-0.05, 0) is 20.9 Å². The van der Waals surface area contributed by atoms with Gasteiger partial charge in [0.1, 0.15) is 17.9 Å². The maximum atomic E-state index is 10.0. The van der Waals surface area contributed by atoms with Crippen molar-refractivity contribution in [1.29, 1.82) is 0 Å². The fourth-order valence-corrected chi connectivity index (χ4v) is 0.511. The Bertz CT molecular complexity index is 167. The number of rotatable bonds is 5. The second-order valence-electron chi connectivity index (χ2n) is 2.64. The molecule has 0 amide bonds. The summed E-state index contributed by atoms with van der Waals surface area (Å²) in [6.07, 6.45) is 1.51.